The van der Waals surface area contributed by atoms with E-state index in [1.807, 2.05) is 0 Å². The van der Waals surface area contributed by atoms with E-state index >= 15 is 0 Å². The molecule has 0 bridgehead atoms. The number of aromatic nitrogens is 3. The van der Waals surface area contributed by atoms with Crippen LogP contribution in [0.4, 0.5) is 0 Å². The number of nitrogens with zero attached hydrogens (tertiary/aromatic N) is 3. The van der Waals surface area contributed by atoms with Crippen LogP contribution in [0, 0.1) is 5.92 Å². The van der Waals surface area contributed by atoms with Crippen molar-refractivity contribution in [3.8, 4) is 28.4 Å². The van der Waals surface area contributed by atoms with Crippen LogP contribution < -0.4 is 13.9 Å². The summed E-state index contributed by atoms with van der Waals surface area (Å²) in [5.74, 6) is 4.13. The molecule has 8 rings (SSSR count). The fourth-order valence-electron chi connectivity index (χ4n) is 7.00. The lowest BCUT2D eigenvalue weighted by atomic mass is 9.82. The number of hydrogen-bond acceptors (Lipinski definition) is 1. The van der Waals surface area contributed by atoms with Crippen LogP contribution >= 0.6 is 0 Å². The molecule has 176 valence electrons. The van der Waals surface area contributed by atoms with E-state index in [1.165, 1.54) is 50.5 Å². The van der Waals surface area contributed by atoms with Gasteiger partial charge in [-0.1, -0.05) is 58.0 Å². The number of imidazole rings is 1. The first-order valence-corrected chi connectivity index (χ1v) is 13.1. The Morgan fingerprint density at radius 3 is 2.53 bits per heavy atom. The first kappa shape index (κ1) is 20.3. The van der Waals surface area contributed by atoms with Crippen LogP contribution in [-0.2, 0) is 12.1 Å². The zero-order valence-electron chi connectivity index (χ0n) is 21.1. The van der Waals surface area contributed by atoms with E-state index in [1.54, 1.807) is 0 Å². The highest BCUT2D eigenvalue weighted by Crippen LogP contribution is 2.55. The predicted octanol–water partition coefficient (Wildman–Crippen LogP) is 6.22. The van der Waals surface area contributed by atoms with Crippen molar-refractivity contribution in [1.29, 1.82) is 0 Å². The third-order valence-corrected chi connectivity index (χ3v) is 8.25. The molecular formula is C32H29N3O+2. The van der Waals surface area contributed by atoms with Gasteiger partial charge in [-0.25, -0.2) is 4.57 Å². The molecule has 0 N–H and O–H groups in total. The van der Waals surface area contributed by atoms with Crippen LogP contribution in [0.3, 0.4) is 0 Å². The van der Waals surface area contributed by atoms with Crippen LogP contribution in [0.25, 0.3) is 28.0 Å². The van der Waals surface area contributed by atoms with E-state index in [2.05, 4.69) is 120 Å². The molecule has 2 aromatic heterocycles. The summed E-state index contributed by atoms with van der Waals surface area (Å²) in [6.45, 7) is 10.1. The lowest BCUT2D eigenvalue weighted by molar-refractivity contribution is -0.733. The number of hydrogen-bond donors (Lipinski definition) is 0. The largest absolute Gasteiger partial charge is 0.448 e. The number of benzene rings is 3. The summed E-state index contributed by atoms with van der Waals surface area (Å²) < 4.78 is 14.4. The van der Waals surface area contributed by atoms with Crippen molar-refractivity contribution in [2.24, 2.45) is 5.92 Å². The van der Waals surface area contributed by atoms with Crippen molar-refractivity contribution in [2.75, 3.05) is 0 Å². The fourth-order valence-corrected chi connectivity index (χ4v) is 7.00. The molecule has 4 nitrogen and oxygen atoms in total. The Kier molecular flexibility index (Phi) is 3.74. The smallest absolute Gasteiger partial charge is 0.347 e. The van der Waals surface area contributed by atoms with Gasteiger partial charge in [0.05, 0.1) is 23.2 Å². The molecule has 3 aliphatic heterocycles. The molecule has 5 heterocycles. The average molecular weight is 472 g/mol. The van der Waals surface area contributed by atoms with Crippen molar-refractivity contribution in [2.45, 2.75) is 45.7 Å². The SMILES string of the molecule is CC(C)Cn1c2[n+]3c4c(cccc41)Oc1c(C(C)C)ccc(c1-3)C21c2ccccc2-c2cccc[n+]21. The molecule has 1 atom stereocenters. The molecule has 0 radical (unpaired) electrons. The highest BCUT2D eigenvalue weighted by Gasteiger charge is 2.68. The van der Waals surface area contributed by atoms with E-state index in [9.17, 15) is 0 Å². The van der Waals surface area contributed by atoms with Crippen LogP contribution in [0.2, 0.25) is 0 Å². The molecule has 0 fully saturated rings. The Bertz CT molecular complexity index is 1710. The first-order valence-electron chi connectivity index (χ1n) is 13.1. The molecular weight excluding hydrogens is 442 g/mol. The Morgan fingerprint density at radius 2 is 1.69 bits per heavy atom. The molecule has 0 saturated heterocycles. The first-order chi connectivity index (χ1) is 17.5. The topological polar surface area (TPSA) is 21.9 Å². The van der Waals surface area contributed by atoms with Crippen molar-refractivity contribution < 1.29 is 13.9 Å². The van der Waals surface area contributed by atoms with Gasteiger partial charge in [0.15, 0.2) is 28.9 Å². The molecule has 1 spiro atoms. The lowest BCUT2D eigenvalue weighted by Crippen LogP contribution is -2.57. The summed E-state index contributed by atoms with van der Waals surface area (Å²) in [7, 11) is 0. The van der Waals surface area contributed by atoms with Crippen LogP contribution in [0.1, 0.15) is 56.1 Å². The van der Waals surface area contributed by atoms with Crippen LogP contribution in [0.5, 0.6) is 11.5 Å². The molecule has 0 aliphatic carbocycles. The normalized spacial score (nSPS) is 17.8. The Balaban J connectivity index is 1.65. The van der Waals surface area contributed by atoms with Gasteiger partial charge in [0.25, 0.3) is 0 Å². The third kappa shape index (κ3) is 2.14. The van der Waals surface area contributed by atoms with Crippen LogP contribution in [0.15, 0.2) is 79.0 Å². The standard InChI is InChI=1S/C32H29N3O/c1-19(2)18-33-26-13-9-14-27-29(26)35-28-24(16-15-21(20(3)4)30(28)36-27)32(31(33)35)23-11-6-5-10-22(23)25-12-7-8-17-34(25)32/h5-17,19-20H,18H2,1-4H3/q+2. The van der Waals surface area contributed by atoms with Gasteiger partial charge in [-0.2, -0.15) is 9.13 Å². The summed E-state index contributed by atoms with van der Waals surface area (Å²) in [6, 6.07) is 26.7. The van der Waals surface area contributed by atoms with E-state index < -0.39 is 5.54 Å². The number of rotatable bonds is 3. The third-order valence-electron chi connectivity index (χ3n) is 8.25. The zero-order valence-corrected chi connectivity index (χ0v) is 21.1. The van der Waals surface area contributed by atoms with Crippen LogP contribution in [-0.4, -0.2) is 4.57 Å². The summed E-state index contributed by atoms with van der Waals surface area (Å²) in [6.07, 6.45) is 2.27. The van der Waals surface area contributed by atoms with E-state index in [0.29, 0.717) is 11.8 Å². The molecule has 1 unspecified atom stereocenters. The summed E-state index contributed by atoms with van der Waals surface area (Å²) in [5.41, 5.74) is 9.61. The maximum Gasteiger partial charge on any atom is 0.347 e. The molecule has 3 aromatic carbocycles. The molecule has 3 aliphatic rings. The van der Waals surface area contributed by atoms with E-state index in [0.717, 1.165) is 18.0 Å². The zero-order chi connectivity index (χ0) is 24.3. The van der Waals surface area contributed by atoms with Gasteiger partial charge in [-0.05, 0) is 42.2 Å². The summed E-state index contributed by atoms with van der Waals surface area (Å²) in [5, 5.41) is 0. The second-order valence-electron chi connectivity index (χ2n) is 11.1. The number of pyridine rings is 1. The fraction of sp³-hybridized carbons (Fsp3) is 0.250. The average Bonchev–Trinajstić information content (AvgIpc) is 3.47. The minimum atomic E-state index is -0.467. The maximum atomic E-state index is 6.81. The maximum absolute atomic E-state index is 6.81. The quantitative estimate of drug-likeness (QED) is 0.280. The number of ether oxygens (including phenoxy) is 1. The second kappa shape index (κ2) is 6.64. The minimum Gasteiger partial charge on any atom is -0.448 e. The van der Waals surface area contributed by atoms with Crippen molar-refractivity contribution in [3.05, 3.63) is 102 Å². The van der Waals surface area contributed by atoms with Gasteiger partial charge in [0, 0.05) is 17.7 Å². The molecule has 4 heteroatoms. The predicted molar refractivity (Wildman–Crippen MR) is 140 cm³/mol. The monoisotopic (exact) mass is 471 g/mol. The Morgan fingerprint density at radius 1 is 0.861 bits per heavy atom. The summed E-state index contributed by atoms with van der Waals surface area (Å²) >= 11 is 0. The van der Waals surface area contributed by atoms with Gasteiger partial charge in [0.1, 0.15) is 0 Å². The Labute approximate surface area is 211 Å². The van der Waals surface area contributed by atoms with Crippen molar-refractivity contribution in [1.82, 2.24) is 4.57 Å². The summed E-state index contributed by atoms with van der Waals surface area (Å²) in [4.78, 5) is 0. The number of para-hydroxylation sites is 1. The van der Waals surface area contributed by atoms with E-state index in [-0.39, 0.29) is 0 Å². The van der Waals surface area contributed by atoms with Gasteiger partial charge >= 0.3 is 11.4 Å². The van der Waals surface area contributed by atoms with Gasteiger partial charge in [-0.15, -0.1) is 0 Å². The highest BCUT2D eigenvalue weighted by molar-refractivity contribution is 5.85. The molecule has 5 aromatic rings. The second-order valence-corrected chi connectivity index (χ2v) is 11.1. The molecule has 0 saturated carbocycles. The van der Waals surface area contributed by atoms with E-state index in [4.69, 9.17) is 4.74 Å². The lowest BCUT2D eigenvalue weighted by Gasteiger charge is -2.22. The molecule has 36 heavy (non-hydrogen) atoms. The molecule has 0 amide bonds. The van der Waals surface area contributed by atoms with Crippen molar-refractivity contribution in [3.63, 3.8) is 0 Å². The highest BCUT2D eigenvalue weighted by atomic mass is 16.5. The minimum absolute atomic E-state index is 0.361. The van der Waals surface area contributed by atoms with Crippen molar-refractivity contribution >= 4 is 11.0 Å². The Hall–Kier alpha value is -3.92. The van der Waals surface area contributed by atoms with Gasteiger partial charge < -0.3 is 4.74 Å². The van der Waals surface area contributed by atoms with Gasteiger partial charge in [0.2, 0.25) is 11.2 Å². The van der Waals surface area contributed by atoms with Gasteiger partial charge in [-0.3, -0.25) is 0 Å². The number of fused-ring (bicyclic) bond motifs is 7.